The van der Waals surface area contributed by atoms with Crippen molar-refractivity contribution in [2.75, 3.05) is 0 Å². The summed E-state index contributed by atoms with van der Waals surface area (Å²) in [7, 11) is 0. The van der Waals surface area contributed by atoms with E-state index in [1.54, 1.807) is 0 Å². The van der Waals surface area contributed by atoms with Crippen molar-refractivity contribution < 1.29 is 14.3 Å². The van der Waals surface area contributed by atoms with Crippen LogP contribution in [0.5, 0.6) is 0 Å². The van der Waals surface area contributed by atoms with Gasteiger partial charge >= 0.3 is 6.09 Å². The number of hydrogen-bond acceptors (Lipinski definition) is 3. The summed E-state index contributed by atoms with van der Waals surface area (Å²) >= 11 is 0. The van der Waals surface area contributed by atoms with E-state index in [1.807, 2.05) is 37.3 Å². The SMILES string of the molecule is CC1CC(=O)CC1NC(=O)OCc1ccccc1. The Kier molecular flexibility index (Phi) is 3.97. The number of ketones is 1. The molecule has 1 fully saturated rings. The summed E-state index contributed by atoms with van der Waals surface area (Å²) in [6.45, 7) is 2.22. The van der Waals surface area contributed by atoms with E-state index in [-0.39, 0.29) is 24.3 Å². The molecule has 1 aliphatic carbocycles. The van der Waals surface area contributed by atoms with Crippen LogP contribution in [0, 0.1) is 5.92 Å². The molecule has 1 aromatic rings. The number of carbonyl (C=O) groups excluding carboxylic acids is 2. The zero-order chi connectivity index (χ0) is 13.0. The lowest BCUT2D eigenvalue weighted by atomic mass is 10.1. The highest BCUT2D eigenvalue weighted by molar-refractivity contribution is 5.82. The molecule has 1 aliphatic rings. The smallest absolute Gasteiger partial charge is 0.407 e. The lowest BCUT2D eigenvalue weighted by molar-refractivity contribution is -0.117. The molecule has 18 heavy (non-hydrogen) atoms. The number of benzene rings is 1. The Morgan fingerprint density at radius 3 is 2.67 bits per heavy atom. The molecule has 0 heterocycles. The van der Waals surface area contributed by atoms with Gasteiger partial charge < -0.3 is 10.1 Å². The monoisotopic (exact) mass is 247 g/mol. The van der Waals surface area contributed by atoms with Crippen LogP contribution < -0.4 is 5.32 Å². The van der Waals surface area contributed by atoms with Crippen molar-refractivity contribution >= 4 is 11.9 Å². The van der Waals surface area contributed by atoms with Crippen LogP contribution in [0.15, 0.2) is 30.3 Å². The lowest BCUT2D eigenvalue weighted by Crippen LogP contribution is -2.36. The fourth-order valence-electron chi connectivity index (χ4n) is 2.14. The van der Waals surface area contributed by atoms with Crippen LogP contribution in [-0.4, -0.2) is 17.9 Å². The number of amides is 1. The van der Waals surface area contributed by atoms with Gasteiger partial charge in [-0.3, -0.25) is 4.79 Å². The van der Waals surface area contributed by atoms with Gasteiger partial charge in [-0.2, -0.15) is 0 Å². The zero-order valence-electron chi connectivity index (χ0n) is 10.4. The topological polar surface area (TPSA) is 55.4 Å². The standard InChI is InChI=1S/C14H17NO3/c1-10-7-12(16)8-13(10)15-14(17)18-9-11-5-3-2-4-6-11/h2-6,10,13H,7-9H2,1H3,(H,15,17). The number of carbonyl (C=O) groups is 2. The van der Waals surface area contributed by atoms with E-state index in [4.69, 9.17) is 4.74 Å². The molecule has 0 spiro atoms. The minimum atomic E-state index is -0.453. The average Bonchev–Trinajstić information content (AvgIpc) is 2.67. The van der Waals surface area contributed by atoms with Gasteiger partial charge in [0.1, 0.15) is 12.4 Å². The van der Waals surface area contributed by atoms with Crippen LogP contribution >= 0.6 is 0 Å². The van der Waals surface area contributed by atoms with E-state index >= 15 is 0 Å². The summed E-state index contributed by atoms with van der Waals surface area (Å²) in [5.41, 5.74) is 0.947. The van der Waals surface area contributed by atoms with Crippen molar-refractivity contribution in [3.8, 4) is 0 Å². The van der Waals surface area contributed by atoms with Crippen molar-refractivity contribution in [3.63, 3.8) is 0 Å². The molecular weight excluding hydrogens is 230 g/mol. The van der Waals surface area contributed by atoms with Crippen molar-refractivity contribution in [1.29, 1.82) is 0 Å². The second-order valence-corrected chi connectivity index (χ2v) is 4.74. The zero-order valence-corrected chi connectivity index (χ0v) is 10.4. The minimum absolute atomic E-state index is 0.0826. The van der Waals surface area contributed by atoms with Gasteiger partial charge in [-0.15, -0.1) is 0 Å². The third-order valence-electron chi connectivity index (χ3n) is 3.20. The van der Waals surface area contributed by atoms with E-state index in [0.717, 1.165) is 5.56 Å². The van der Waals surface area contributed by atoms with Crippen LogP contribution in [0.1, 0.15) is 25.3 Å². The maximum atomic E-state index is 11.6. The molecule has 0 aliphatic heterocycles. The second kappa shape index (κ2) is 5.67. The fraction of sp³-hybridized carbons (Fsp3) is 0.429. The first kappa shape index (κ1) is 12.6. The van der Waals surface area contributed by atoms with Crippen molar-refractivity contribution in [2.45, 2.75) is 32.4 Å². The molecule has 0 aromatic heterocycles. The van der Waals surface area contributed by atoms with Crippen LogP contribution in [0.4, 0.5) is 4.79 Å². The van der Waals surface area contributed by atoms with Gasteiger partial charge in [0.05, 0.1) is 0 Å². The molecule has 1 amide bonds. The molecule has 96 valence electrons. The quantitative estimate of drug-likeness (QED) is 0.891. The fourth-order valence-corrected chi connectivity index (χ4v) is 2.14. The maximum absolute atomic E-state index is 11.6. The van der Waals surface area contributed by atoms with E-state index in [9.17, 15) is 9.59 Å². The van der Waals surface area contributed by atoms with E-state index in [2.05, 4.69) is 5.32 Å². The first-order chi connectivity index (χ1) is 8.65. The molecule has 2 unspecified atom stereocenters. The number of Topliss-reactive ketones (excluding diaryl/α,β-unsaturated/α-hetero) is 1. The molecular formula is C14H17NO3. The van der Waals surface area contributed by atoms with Crippen molar-refractivity contribution in [3.05, 3.63) is 35.9 Å². The summed E-state index contributed by atoms with van der Waals surface area (Å²) in [5, 5.41) is 2.75. The number of rotatable bonds is 3. The van der Waals surface area contributed by atoms with E-state index < -0.39 is 6.09 Å². The molecule has 2 atom stereocenters. The Morgan fingerprint density at radius 2 is 2.06 bits per heavy atom. The summed E-state index contributed by atoms with van der Waals surface area (Å²) in [5.74, 6) is 0.401. The number of alkyl carbamates (subject to hydrolysis) is 1. The number of hydrogen-bond donors (Lipinski definition) is 1. The van der Waals surface area contributed by atoms with Gasteiger partial charge in [-0.25, -0.2) is 4.79 Å². The molecule has 1 N–H and O–H groups in total. The Bertz CT molecular complexity index is 430. The highest BCUT2D eigenvalue weighted by atomic mass is 16.5. The van der Waals surface area contributed by atoms with Gasteiger partial charge in [0, 0.05) is 18.9 Å². The molecule has 0 bridgehead atoms. The Morgan fingerprint density at radius 1 is 1.33 bits per heavy atom. The third-order valence-corrected chi connectivity index (χ3v) is 3.20. The van der Waals surface area contributed by atoms with Crippen LogP contribution in [0.25, 0.3) is 0 Å². The van der Waals surface area contributed by atoms with Crippen LogP contribution in [-0.2, 0) is 16.1 Å². The minimum Gasteiger partial charge on any atom is -0.445 e. The summed E-state index contributed by atoms with van der Waals surface area (Å²) in [6, 6.07) is 9.42. The molecule has 2 rings (SSSR count). The normalized spacial score (nSPS) is 22.8. The maximum Gasteiger partial charge on any atom is 0.407 e. The highest BCUT2D eigenvalue weighted by Gasteiger charge is 2.30. The van der Waals surface area contributed by atoms with E-state index in [1.165, 1.54) is 0 Å². The first-order valence-corrected chi connectivity index (χ1v) is 6.14. The molecule has 1 aromatic carbocycles. The second-order valence-electron chi connectivity index (χ2n) is 4.74. The molecule has 0 radical (unpaired) electrons. The Labute approximate surface area is 106 Å². The number of ether oxygens (including phenoxy) is 1. The van der Waals surface area contributed by atoms with E-state index in [0.29, 0.717) is 12.8 Å². The molecule has 4 nitrogen and oxygen atoms in total. The van der Waals surface area contributed by atoms with Gasteiger partial charge in [0.2, 0.25) is 0 Å². The predicted octanol–water partition coefficient (Wildman–Crippen LogP) is 2.28. The van der Waals surface area contributed by atoms with Gasteiger partial charge in [-0.05, 0) is 11.5 Å². The van der Waals surface area contributed by atoms with Crippen molar-refractivity contribution in [2.24, 2.45) is 5.92 Å². The Hall–Kier alpha value is -1.84. The van der Waals surface area contributed by atoms with Crippen LogP contribution in [0.2, 0.25) is 0 Å². The molecule has 0 saturated heterocycles. The van der Waals surface area contributed by atoms with Gasteiger partial charge in [0.15, 0.2) is 0 Å². The Balaban J connectivity index is 1.77. The van der Waals surface area contributed by atoms with Crippen molar-refractivity contribution in [1.82, 2.24) is 5.32 Å². The summed E-state index contributed by atoms with van der Waals surface area (Å²) in [4.78, 5) is 22.8. The first-order valence-electron chi connectivity index (χ1n) is 6.14. The largest absolute Gasteiger partial charge is 0.445 e. The summed E-state index contributed by atoms with van der Waals surface area (Å²) in [6.07, 6.45) is 0.510. The third kappa shape index (κ3) is 3.32. The highest BCUT2D eigenvalue weighted by Crippen LogP contribution is 2.22. The van der Waals surface area contributed by atoms with Gasteiger partial charge in [0.25, 0.3) is 0 Å². The van der Waals surface area contributed by atoms with Crippen LogP contribution in [0.3, 0.4) is 0 Å². The molecule has 1 saturated carbocycles. The predicted molar refractivity (Wildman–Crippen MR) is 67.0 cm³/mol. The van der Waals surface area contributed by atoms with Gasteiger partial charge in [-0.1, -0.05) is 37.3 Å². The summed E-state index contributed by atoms with van der Waals surface area (Å²) < 4.78 is 5.11. The lowest BCUT2D eigenvalue weighted by Gasteiger charge is -2.16. The average molecular weight is 247 g/mol. The molecule has 4 heteroatoms. The number of nitrogens with one attached hydrogen (secondary N) is 1.